The number of nitrogens with two attached hydrogens (primary N) is 1. The third kappa shape index (κ3) is 4.82. The highest BCUT2D eigenvalue weighted by atomic mass is 35.5. The summed E-state index contributed by atoms with van der Waals surface area (Å²) >= 11 is 0. The number of amides is 1. The zero-order chi connectivity index (χ0) is 15.2. The summed E-state index contributed by atoms with van der Waals surface area (Å²) in [4.78, 5) is 16.1. The average molecular weight is 325 g/mol. The summed E-state index contributed by atoms with van der Waals surface area (Å²) in [5.41, 5.74) is 7.09. The quantitative estimate of drug-likeness (QED) is 0.850. The van der Waals surface area contributed by atoms with Gasteiger partial charge in [-0.1, -0.05) is 31.1 Å². The monoisotopic (exact) mass is 324 g/mol. The normalized spacial score (nSPS) is 11.8. The number of nitrogens with one attached hydrogen (secondary N) is 1. The highest BCUT2D eigenvalue weighted by Gasteiger charge is 2.14. The van der Waals surface area contributed by atoms with Crippen LogP contribution < -0.4 is 11.1 Å². The van der Waals surface area contributed by atoms with Crippen LogP contribution in [0.3, 0.4) is 0 Å². The molecule has 0 fully saturated rings. The van der Waals surface area contributed by atoms with E-state index < -0.39 is 0 Å². The van der Waals surface area contributed by atoms with E-state index in [1.807, 2.05) is 0 Å². The van der Waals surface area contributed by atoms with Crippen molar-refractivity contribution in [2.75, 3.05) is 6.54 Å². The molecule has 6 nitrogen and oxygen atoms in total. The third-order valence-electron chi connectivity index (χ3n) is 3.14. The van der Waals surface area contributed by atoms with E-state index in [0.717, 1.165) is 12.0 Å². The van der Waals surface area contributed by atoms with Gasteiger partial charge in [0.05, 0.1) is 0 Å². The Morgan fingerprint density at radius 2 is 2.00 bits per heavy atom. The number of hydrogen-bond donors (Lipinski definition) is 2. The molecule has 0 aliphatic heterocycles. The Labute approximate surface area is 135 Å². The highest BCUT2D eigenvalue weighted by Crippen LogP contribution is 2.15. The minimum absolute atomic E-state index is 0. The van der Waals surface area contributed by atoms with Crippen LogP contribution in [0.15, 0.2) is 35.2 Å². The first-order valence-electron chi connectivity index (χ1n) is 6.98. The van der Waals surface area contributed by atoms with Crippen LogP contribution >= 0.6 is 12.4 Å². The smallest absolute Gasteiger partial charge is 0.251 e. The van der Waals surface area contributed by atoms with Crippen LogP contribution in [0.2, 0.25) is 0 Å². The lowest BCUT2D eigenvalue weighted by atomic mass is 10.0. The number of benzene rings is 1. The molecule has 1 aromatic carbocycles. The van der Waals surface area contributed by atoms with Gasteiger partial charge in [-0.25, -0.2) is 0 Å². The molecule has 0 aliphatic carbocycles. The maximum absolute atomic E-state index is 12.2. The summed E-state index contributed by atoms with van der Waals surface area (Å²) in [7, 11) is 0. The fourth-order valence-corrected chi connectivity index (χ4v) is 2.12. The summed E-state index contributed by atoms with van der Waals surface area (Å²) in [5, 5.41) is 6.71. The first-order valence-corrected chi connectivity index (χ1v) is 6.98. The zero-order valence-corrected chi connectivity index (χ0v) is 13.5. The van der Waals surface area contributed by atoms with E-state index in [0.29, 0.717) is 23.9 Å². The minimum Gasteiger partial charge on any atom is -0.348 e. The van der Waals surface area contributed by atoms with Crippen molar-refractivity contribution in [2.24, 2.45) is 11.7 Å². The highest BCUT2D eigenvalue weighted by molar-refractivity contribution is 5.94. The van der Waals surface area contributed by atoms with Gasteiger partial charge in [-0.15, -0.1) is 12.4 Å². The number of nitrogens with zero attached hydrogens (tertiary/aromatic N) is 2. The van der Waals surface area contributed by atoms with Gasteiger partial charge in [0.25, 0.3) is 5.91 Å². The largest absolute Gasteiger partial charge is 0.348 e. The second-order valence-electron chi connectivity index (χ2n) is 5.37. The average Bonchev–Trinajstić information content (AvgIpc) is 3.00. The molecule has 1 heterocycles. The molecule has 1 amide bonds. The van der Waals surface area contributed by atoms with E-state index in [1.165, 1.54) is 6.39 Å². The molecule has 7 heteroatoms. The van der Waals surface area contributed by atoms with Gasteiger partial charge in [0.2, 0.25) is 12.2 Å². The van der Waals surface area contributed by atoms with Crippen LogP contribution in [-0.2, 0) is 0 Å². The van der Waals surface area contributed by atoms with Gasteiger partial charge in [0.15, 0.2) is 0 Å². The van der Waals surface area contributed by atoms with E-state index in [2.05, 4.69) is 29.3 Å². The minimum atomic E-state index is -0.120. The van der Waals surface area contributed by atoms with Gasteiger partial charge in [-0.2, -0.15) is 4.98 Å². The van der Waals surface area contributed by atoms with Gasteiger partial charge >= 0.3 is 0 Å². The van der Waals surface area contributed by atoms with Crippen molar-refractivity contribution in [1.82, 2.24) is 15.5 Å². The SMILES string of the molecule is CC(C)CC(CN)NC(=O)c1ccc(-c2ncon2)cc1.Cl. The number of carbonyl (C=O) groups is 1. The first kappa shape index (κ1) is 18.1. The summed E-state index contributed by atoms with van der Waals surface area (Å²) in [6.45, 7) is 4.65. The van der Waals surface area contributed by atoms with Crippen molar-refractivity contribution in [2.45, 2.75) is 26.3 Å². The topological polar surface area (TPSA) is 94.0 Å². The maximum Gasteiger partial charge on any atom is 0.251 e. The van der Waals surface area contributed by atoms with E-state index in [-0.39, 0.29) is 24.4 Å². The summed E-state index contributed by atoms with van der Waals surface area (Å²) < 4.78 is 4.70. The molecular formula is C15H21ClN4O2. The fourth-order valence-electron chi connectivity index (χ4n) is 2.12. The summed E-state index contributed by atoms with van der Waals surface area (Å²) in [6, 6.07) is 7.06. The number of hydrogen-bond acceptors (Lipinski definition) is 5. The second kappa shape index (κ2) is 8.51. The Balaban J connectivity index is 0.00000242. The Bertz CT molecular complexity index is 570. The van der Waals surface area contributed by atoms with E-state index in [1.54, 1.807) is 24.3 Å². The standard InChI is InChI=1S/C15H20N4O2.ClH/c1-10(2)7-13(8-16)18-15(20)12-5-3-11(4-6-12)14-17-9-21-19-14;/h3-6,9-10,13H,7-8,16H2,1-2H3,(H,18,20);1H. The Hall–Kier alpha value is -1.92. The number of rotatable bonds is 6. The molecule has 2 aromatic rings. The Kier molecular flexibility index (Phi) is 7.01. The van der Waals surface area contributed by atoms with Gasteiger partial charge in [-0.3, -0.25) is 4.79 Å². The zero-order valence-electron chi connectivity index (χ0n) is 12.7. The molecule has 22 heavy (non-hydrogen) atoms. The molecule has 1 unspecified atom stereocenters. The van der Waals surface area contributed by atoms with Gasteiger partial charge in [-0.05, 0) is 24.5 Å². The molecule has 120 valence electrons. The van der Waals surface area contributed by atoms with Crippen LogP contribution in [0.25, 0.3) is 11.4 Å². The van der Waals surface area contributed by atoms with Crippen LogP contribution in [-0.4, -0.2) is 28.6 Å². The van der Waals surface area contributed by atoms with Gasteiger partial charge < -0.3 is 15.6 Å². The van der Waals surface area contributed by atoms with Crippen molar-refractivity contribution >= 4 is 18.3 Å². The first-order chi connectivity index (χ1) is 10.1. The lowest BCUT2D eigenvalue weighted by molar-refractivity contribution is 0.0934. The number of carbonyl (C=O) groups excluding carboxylic acids is 1. The molecule has 0 saturated heterocycles. The van der Waals surface area contributed by atoms with Crippen LogP contribution in [0, 0.1) is 5.92 Å². The van der Waals surface area contributed by atoms with Crippen molar-refractivity contribution in [3.8, 4) is 11.4 Å². The van der Waals surface area contributed by atoms with Crippen LogP contribution in [0.1, 0.15) is 30.6 Å². The van der Waals surface area contributed by atoms with Crippen LogP contribution in [0.5, 0.6) is 0 Å². The summed E-state index contributed by atoms with van der Waals surface area (Å²) in [6.07, 6.45) is 2.14. The molecule has 1 atom stereocenters. The van der Waals surface area contributed by atoms with Crippen molar-refractivity contribution in [3.63, 3.8) is 0 Å². The van der Waals surface area contributed by atoms with Crippen molar-refractivity contribution < 1.29 is 9.32 Å². The lowest BCUT2D eigenvalue weighted by Gasteiger charge is -2.18. The van der Waals surface area contributed by atoms with E-state index in [9.17, 15) is 4.79 Å². The Morgan fingerprint density at radius 1 is 1.32 bits per heavy atom. The van der Waals surface area contributed by atoms with E-state index >= 15 is 0 Å². The number of aromatic nitrogens is 2. The molecule has 0 aliphatic rings. The second-order valence-corrected chi connectivity index (χ2v) is 5.37. The molecule has 0 spiro atoms. The molecule has 0 radical (unpaired) electrons. The predicted octanol–water partition coefficient (Wildman–Crippen LogP) is 2.26. The molecule has 1 aromatic heterocycles. The summed E-state index contributed by atoms with van der Waals surface area (Å²) in [5.74, 6) is 0.867. The van der Waals surface area contributed by atoms with Crippen LogP contribution in [0.4, 0.5) is 0 Å². The molecule has 0 bridgehead atoms. The van der Waals surface area contributed by atoms with Crippen molar-refractivity contribution in [3.05, 3.63) is 36.2 Å². The molecule has 0 saturated carbocycles. The molecule has 2 rings (SSSR count). The fraction of sp³-hybridized carbons (Fsp3) is 0.400. The van der Waals surface area contributed by atoms with Crippen molar-refractivity contribution in [1.29, 1.82) is 0 Å². The lowest BCUT2D eigenvalue weighted by Crippen LogP contribution is -2.41. The maximum atomic E-state index is 12.2. The Morgan fingerprint density at radius 3 is 2.50 bits per heavy atom. The third-order valence-corrected chi connectivity index (χ3v) is 3.14. The molecule has 3 N–H and O–H groups in total. The van der Waals surface area contributed by atoms with E-state index in [4.69, 9.17) is 10.3 Å². The van der Waals surface area contributed by atoms with Gasteiger partial charge in [0, 0.05) is 23.7 Å². The molecular weight excluding hydrogens is 304 g/mol. The van der Waals surface area contributed by atoms with Gasteiger partial charge in [0.1, 0.15) is 0 Å². The number of halogens is 1. The predicted molar refractivity (Wildman–Crippen MR) is 86.7 cm³/mol.